The second-order valence-corrected chi connectivity index (χ2v) is 9.52. The van der Waals surface area contributed by atoms with Gasteiger partial charge in [-0.25, -0.2) is 4.98 Å². The Bertz CT molecular complexity index is 1190. The van der Waals surface area contributed by atoms with E-state index in [0.717, 1.165) is 63.3 Å². The average Bonchev–Trinajstić information content (AvgIpc) is 3.24. The molecule has 2 aliphatic rings. The number of benzene rings is 1. The molecule has 0 bridgehead atoms. The lowest BCUT2D eigenvalue weighted by molar-refractivity contribution is -0.140. The number of amides is 1. The van der Waals surface area contributed by atoms with Crippen molar-refractivity contribution in [2.45, 2.75) is 69.8 Å². The first-order chi connectivity index (χ1) is 16.3. The van der Waals surface area contributed by atoms with Gasteiger partial charge in [-0.1, -0.05) is 11.6 Å². The number of fused-ring (bicyclic) bond motifs is 2. The second-order valence-electron chi connectivity index (χ2n) is 9.08. The number of nitrogens with zero attached hydrogens (tertiary/aromatic N) is 3. The molecule has 0 saturated heterocycles. The molecule has 2 N–H and O–H groups in total. The molecule has 3 aromatic rings. The topological polar surface area (TPSA) is 71.8 Å². The van der Waals surface area contributed by atoms with Crippen LogP contribution in [0.2, 0.25) is 5.02 Å². The fourth-order valence-electron chi connectivity index (χ4n) is 4.85. The summed E-state index contributed by atoms with van der Waals surface area (Å²) in [5.41, 5.74) is 1.24. The van der Waals surface area contributed by atoms with E-state index in [1.807, 2.05) is 10.7 Å². The Labute approximate surface area is 199 Å². The molecule has 0 spiro atoms. The van der Waals surface area contributed by atoms with Crippen molar-refractivity contribution < 1.29 is 18.0 Å². The van der Waals surface area contributed by atoms with Crippen LogP contribution < -0.4 is 10.6 Å². The van der Waals surface area contributed by atoms with Gasteiger partial charge in [0.25, 0.3) is 5.91 Å². The number of halogens is 4. The summed E-state index contributed by atoms with van der Waals surface area (Å²) in [4.78, 5) is 16.4. The van der Waals surface area contributed by atoms with Crippen molar-refractivity contribution in [2.24, 2.45) is 0 Å². The standard InChI is InChI=1S/C24H25ClF3N5O/c25-14-4-9-19-18(11-14)20(13-22(31-19)24(26,27)28)29-15-5-7-16(8-6-15)30-23(34)21-12-17-3-1-2-10-33(17)32-21/h4,9,11-13,15-16H,1-3,5-8,10H2,(H,29,31)(H,30,34)/t15-,16+. The summed E-state index contributed by atoms with van der Waals surface area (Å²) in [5, 5.41) is 11.8. The van der Waals surface area contributed by atoms with Crippen LogP contribution in [0.4, 0.5) is 18.9 Å². The molecular formula is C24H25ClF3N5O. The van der Waals surface area contributed by atoms with E-state index in [-0.39, 0.29) is 23.5 Å². The van der Waals surface area contributed by atoms with E-state index < -0.39 is 11.9 Å². The van der Waals surface area contributed by atoms with Gasteiger partial charge in [0, 0.05) is 40.4 Å². The number of anilines is 1. The van der Waals surface area contributed by atoms with Gasteiger partial charge >= 0.3 is 6.18 Å². The largest absolute Gasteiger partial charge is 0.433 e. The van der Waals surface area contributed by atoms with Crippen LogP contribution in [0.3, 0.4) is 0 Å². The van der Waals surface area contributed by atoms with E-state index >= 15 is 0 Å². The number of pyridine rings is 1. The predicted molar refractivity (Wildman–Crippen MR) is 124 cm³/mol. The van der Waals surface area contributed by atoms with Crippen LogP contribution in [0, 0.1) is 0 Å². The first-order valence-corrected chi connectivity index (χ1v) is 12.0. The summed E-state index contributed by atoms with van der Waals surface area (Å²) in [7, 11) is 0. The predicted octanol–water partition coefficient (Wildman–Crippen LogP) is 5.59. The van der Waals surface area contributed by atoms with E-state index in [1.54, 1.807) is 6.07 Å². The minimum atomic E-state index is -4.54. The number of aryl methyl sites for hydroxylation is 2. The summed E-state index contributed by atoms with van der Waals surface area (Å²) < 4.78 is 42.1. The zero-order valence-electron chi connectivity index (χ0n) is 18.5. The molecule has 3 heterocycles. The van der Waals surface area contributed by atoms with Crippen LogP contribution >= 0.6 is 11.6 Å². The van der Waals surface area contributed by atoms with Crippen LogP contribution in [0.1, 0.15) is 60.4 Å². The SMILES string of the molecule is O=C(N[C@H]1CC[C@@H](Nc2cc(C(F)(F)F)nc3ccc(Cl)cc23)CC1)c1cc2n(n1)CCCC2. The van der Waals surface area contributed by atoms with Crippen molar-refractivity contribution in [1.29, 1.82) is 0 Å². The van der Waals surface area contributed by atoms with Crippen molar-refractivity contribution in [3.8, 4) is 0 Å². The second kappa shape index (κ2) is 9.09. The number of hydrogen-bond acceptors (Lipinski definition) is 4. The number of alkyl halides is 3. The Morgan fingerprint density at radius 2 is 1.82 bits per heavy atom. The maximum Gasteiger partial charge on any atom is 0.433 e. The first-order valence-electron chi connectivity index (χ1n) is 11.6. The van der Waals surface area contributed by atoms with Gasteiger partial charge in [0.2, 0.25) is 0 Å². The summed E-state index contributed by atoms with van der Waals surface area (Å²) in [5.74, 6) is -0.164. The quantitative estimate of drug-likeness (QED) is 0.499. The van der Waals surface area contributed by atoms with Crippen molar-refractivity contribution in [1.82, 2.24) is 20.1 Å². The third-order valence-corrected chi connectivity index (χ3v) is 6.87. The highest BCUT2D eigenvalue weighted by molar-refractivity contribution is 6.31. The number of rotatable bonds is 4. The zero-order valence-corrected chi connectivity index (χ0v) is 19.2. The molecule has 1 saturated carbocycles. The number of nitrogens with one attached hydrogen (secondary N) is 2. The maximum absolute atomic E-state index is 13.4. The van der Waals surface area contributed by atoms with E-state index in [9.17, 15) is 18.0 Å². The third-order valence-electron chi connectivity index (χ3n) is 6.63. The monoisotopic (exact) mass is 491 g/mol. The highest BCUT2D eigenvalue weighted by atomic mass is 35.5. The van der Waals surface area contributed by atoms with Gasteiger partial charge in [-0.05, 0) is 75.3 Å². The van der Waals surface area contributed by atoms with Crippen molar-refractivity contribution in [2.75, 3.05) is 5.32 Å². The smallest absolute Gasteiger partial charge is 0.382 e. The minimum Gasteiger partial charge on any atom is -0.382 e. The van der Waals surface area contributed by atoms with Gasteiger partial charge in [-0.15, -0.1) is 0 Å². The van der Waals surface area contributed by atoms with Gasteiger partial charge in [0.05, 0.1) is 5.52 Å². The summed E-state index contributed by atoms with van der Waals surface area (Å²) in [6, 6.07) is 7.58. The van der Waals surface area contributed by atoms with Gasteiger partial charge < -0.3 is 10.6 Å². The van der Waals surface area contributed by atoms with Crippen LogP contribution in [-0.2, 0) is 19.1 Å². The Balaban J connectivity index is 1.24. The molecule has 180 valence electrons. The Morgan fingerprint density at radius 1 is 1.06 bits per heavy atom. The molecule has 6 nitrogen and oxygen atoms in total. The Morgan fingerprint density at radius 3 is 2.56 bits per heavy atom. The van der Waals surface area contributed by atoms with E-state index in [1.165, 1.54) is 12.1 Å². The fraction of sp³-hybridized carbons (Fsp3) is 0.458. The Kier molecular flexibility index (Phi) is 6.14. The third kappa shape index (κ3) is 4.85. The lowest BCUT2D eigenvalue weighted by Crippen LogP contribution is -2.40. The van der Waals surface area contributed by atoms with Crippen LogP contribution in [0.5, 0.6) is 0 Å². The van der Waals surface area contributed by atoms with Crippen LogP contribution in [-0.4, -0.2) is 32.8 Å². The highest BCUT2D eigenvalue weighted by Crippen LogP contribution is 2.35. The van der Waals surface area contributed by atoms with Gasteiger partial charge in [-0.3, -0.25) is 9.48 Å². The molecular weight excluding hydrogens is 467 g/mol. The van der Waals surface area contributed by atoms with E-state index in [4.69, 9.17) is 11.6 Å². The molecule has 10 heteroatoms. The molecule has 1 fully saturated rings. The molecule has 1 aliphatic carbocycles. The van der Waals surface area contributed by atoms with Gasteiger partial charge in [0.1, 0.15) is 11.4 Å². The molecule has 1 amide bonds. The molecule has 2 aromatic heterocycles. The van der Waals surface area contributed by atoms with E-state index in [0.29, 0.717) is 21.8 Å². The van der Waals surface area contributed by atoms with Crippen molar-refractivity contribution >= 4 is 34.1 Å². The van der Waals surface area contributed by atoms with Crippen molar-refractivity contribution in [3.05, 3.63) is 52.4 Å². The van der Waals surface area contributed by atoms with Crippen molar-refractivity contribution in [3.63, 3.8) is 0 Å². The normalized spacial score (nSPS) is 20.7. The molecule has 0 atom stereocenters. The fourth-order valence-corrected chi connectivity index (χ4v) is 5.03. The molecule has 0 unspecified atom stereocenters. The summed E-state index contributed by atoms with van der Waals surface area (Å²) >= 11 is 6.09. The van der Waals surface area contributed by atoms with Crippen LogP contribution in [0.15, 0.2) is 30.3 Å². The molecule has 0 radical (unpaired) electrons. The number of hydrogen-bond donors (Lipinski definition) is 2. The highest BCUT2D eigenvalue weighted by Gasteiger charge is 2.34. The molecule has 1 aromatic carbocycles. The molecule has 1 aliphatic heterocycles. The van der Waals surface area contributed by atoms with Gasteiger partial charge in [0.15, 0.2) is 0 Å². The summed E-state index contributed by atoms with van der Waals surface area (Å²) in [6.07, 6.45) is 1.50. The average molecular weight is 492 g/mol. The van der Waals surface area contributed by atoms with Crippen LogP contribution in [0.25, 0.3) is 10.9 Å². The first kappa shape index (κ1) is 23.0. The lowest BCUT2D eigenvalue weighted by Gasteiger charge is -2.30. The zero-order chi connectivity index (χ0) is 23.9. The van der Waals surface area contributed by atoms with Gasteiger partial charge in [-0.2, -0.15) is 18.3 Å². The summed E-state index contributed by atoms with van der Waals surface area (Å²) in [6.45, 7) is 0.852. The lowest BCUT2D eigenvalue weighted by atomic mass is 9.90. The van der Waals surface area contributed by atoms with E-state index in [2.05, 4.69) is 20.7 Å². The Hall–Kier alpha value is -2.81. The number of carbonyl (C=O) groups excluding carboxylic acids is 1. The maximum atomic E-state index is 13.4. The minimum absolute atomic E-state index is 0.0126. The number of carbonyl (C=O) groups is 1. The molecule has 34 heavy (non-hydrogen) atoms. The number of aromatic nitrogens is 3. The molecule has 5 rings (SSSR count).